The van der Waals surface area contributed by atoms with E-state index in [0.717, 1.165) is 25.9 Å². The lowest BCUT2D eigenvalue weighted by Crippen LogP contribution is -2.24. The average Bonchev–Trinajstić information content (AvgIpc) is 2.98. The summed E-state index contributed by atoms with van der Waals surface area (Å²) < 4.78 is 113. The van der Waals surface area contributed by atoms with E-state index in [2.05, 4.69) is 4.74 Å². The molecule has 1 atom stereocenters. The van der Waals surface area contributed by atoms with Crippen molar-refractivity contribution in [2.75, 3.05) is 92.5 Å². The van der Waals surface area contributed by atoms with E-state index in [0.29, 0.717) is 59.5 Å². The Kier molecular flexibility index (Phi) is 18.6. The third-order valence-corrected chi connectivity index (χ3v) is 5.37. The number of carbonyl (C=O) groups excluding carboxylic acids is 1. The van der Waals surface area contributed by atoms with Gasteiger partial charge in [0.1, 0.15) is 0 Å². The lowest BCUT2D eigenvalue weighted by Gasteiger charge is -2.22. The van der Waals surface area contributed by atoms with Gasteiger partial charge in [-0.2, -0.15) is 8.78 Å². The van der Waals surface area contributed by atoms with Gasteiger partial charge in [0.2, 0.25) is 34.8 Å². The molecule has 1 aliphatic heterocycles. The number of rotatable bonds is 23. The number of benzene rings is 1. The molecule has 0 radical (unpaired) electrons. The number of carbonyl (C=O) groups is 1. The van der Waals surface area contributed by atoms with E-state index in [1.807, 2.05) is 0 Å². The lowest BCUT2D eigenvalue weighted by molar-refractivity contribution is -0.169. The highest BCUT2D eigenvalue weighted by atomic mass is 19.2. The highest BCUT2D eigenvalue weighted by Gasteiger charge is 2.28. The van der Waals surface area contributed by atoms with E-state index in [4.69, 9.17) is 37.9 Å². The SMILES string of the molecule is O=C(CCOCCOCCOCCOCCOCCOCCOC1CCCCO1)Oc1c(F)c(F)c(F)c(F)c1F. The molecule has 0 N–H and O–H groups in total. The van der Waals surface area contributed by atoms with Crippen LogP contribution in [0.5, 0.6) is 5.75 Å². The summed E-state index contributed by atoms with van der Waals surface area (Å²) in [6, 6.07) is 0. The molecule has 41 heavy (non-hydrogen) atoms. The molecular weight excluding hydrogens is 567 g/mol. The van der Waals surface area contributed by atoms with E-state index in [1.54, 1.807) is 0 Å². The van der Waals surface area contributed by atoms with Crippen LogP contribution < -0.4 is 4.74 Å². The first-order valence-electron chi connectivity index (χ1n) is 13.3. The first-order valence-corrected chi connectivity index (χ1v) is 13.3. The second-order valence-electron chi connectivity index (χ2n) is 8.46. The highest BCUT2D eigenvalue weighted by molar-refractivity contribution is 5.72. The predicted octanol–water partition coefficient (Wildman–Crippen LogP) is 3.32. The number of esters is 1. The normalized spacial score (nSPS) is 15.4. The number of ether oxygens (including phenoxy) is 9. The van der Waals surface area contributed by atoms with Crippen molar-refractivity contribution in [2.45, 2.75) is 32.0 Å². The van der Waals surface area contributed by atoms with Crippen LogP contribution in [0.15, 0.2) is 0 Å². The minimum atomic E-state index is -2.34. The summed E-state index contributed by atoms with van der Waals surface area (Å²) in [6.07, 6.45) is 2.56. The second kappa shape index (κ2) is 21.7. The molecule has 0 aliphatic carbocycles. The molecule has 1 aliphatic rings. The summed E-state index contributed by atoms with van der Waals surface area (Å²) in [5.74, 6) is -14.1. The topological polar surface area (TPSA) is 100 Å². The fraction of sp³-hybridized carbons (Fsp3) is 0.731. The van der Waals surface area contributed by atoms with Crippen LogP contribution in [0.3, 0.4) is 0 Å². The van der Waals surface area contributed by atoms with Gasteiger partial charge in [-0.05, 0) is 19.3 Å². The van der Waals surface area contributed by atoms with Crippen molar-refractivity contribution in [3.63, 3.8) is 0 Å². The highest BCUT2D eigenvalue weighted by Crippen LogP contribution is 2.29. The average molecular weight is 605 g/mol. The van der Waals surface area contributed by atoms with Gasteiger partial charge in [0.25, 0.3) is 0 Å². The summed E-state index contributed by atoms with van der Waals surface area (Å²) in [7, 11) is 0. The van der Waals surface area contributed by atoms with Crippen molar-refractivity contribution in [1.29, 1.82) is 0 Å². The van der Waals surface area contributed by atoms with Crippen LogP contribution >= 0.6 is 0 Å². The van der Waals surface area contributed by atoms with Crippen LogP contribution in [0.2, 0.25) is 0 Å². The molecule has 2 rings (SSSR count). The number of halogens is 5. The van der Waals surface area contributed by atoms with Crippen molar-refractivity contribution in [2.24, 2.45) is 0 Å². The van der Waals surface area contributed by atoms with Gasteiger partial charge < -0.3 is 42.6 Å². The predicted molar refractivity (Wildman–Crippen MR) is 131 cm³/mol. The van der Waals surface area contributed by atoms with Gasteiger partial charge in [0, 0.05) is 6.61 Å². The number of hydrogen-bond donors (Lipinski definition) is 0. The van der Waals surface area contributed by atoms with E-state index in [1.165, 1.54) is 0 Å². The number of hydrogen-bond acceptors (Lipinski definition) is 10. The molecule has 0 bridgehead atoms. The van der Waals surface area contributed by atoms with Crippen molar-refractivity contribution >= 4 is 5.97 Å². The lowest BCUT2D eigenvalue weighted by atomic mass is 10.2. The molecule has 0 saturated carbocycles. The van der Waals surface area contributed by atoms with Crippen LogP contribution in [-0.2, 0) is 42.7 Å². The summed E-state index contributed by atoms with van der Waals surface area (Å²) in [5, 5.41) is 0. The Balaban J connectivity index is 1.29. The fourth-order valence-corrected chi connectivity index (χ4v) is 3.28. The van der Waals surface area contributed by atoms with Gasteiger partial charge in [-0.3, -0.25) is 4.79 Å². The maximum Gasteiger partial charge on any atom is 0.313 e. The third-order valence-electron chi connectivity index (χ3n) is 5.37. The molecule has 1 aromatic carbocycles. The summed E-state index contributed by atoms with van der Waals surface area (Å²) in [4.78, 5) is 11.6. The summed E-state index contributed by atoms with van der Waals surface area (Å²) in [6.45, 7) is 4.96. The monoisotopic (exact) mass is 604 g/mol. The molecule has 236 valence electrons. The van der Waals surface area contributed by atoms with Gasteiger partial charge in [0.15, 0.2) is 6.29 Å². The Morgan fingerprint density at radius 2 is 1.00 bits per heavy atom. The van der Waals surface area contributed by atoms with Crippen molar-refractivity contribution in [1.82, 2.24) is 0 Å². The van der Waals surface area contributed by atoms with Crippen LogP contribution in [0.4, 0.5) is 22.0 Å². The van der Waals surface area contributed by atoms with Crippen LogP contribution in [-0.4, -0.2) is 105 Å². The van der Waals surface area contributed by atoms with Crippen LogP contribution in [0, 0.1) is 29.1 Å². The minimum absolute atomic E-state index is 0.0904. The molecule has 1 fully saturated rings. The molecule has 1 unspecified atom stereocenters. The van der Waals surface area contributed by atoms with E-state index < -0.39 is 47.2 Å². The first kappa shape index (κ1) is 35.2. The zero-order valence-electron chi connectivity index (χ0n) is 22.8. The maximum atomic E-state index is 13.5. The molecule has 10 nitrogen and oxygen atoms in total. The molecular formula is C26H37F5O10. The van der Waals surface area contributed by atoms with Crippen LogP contribution in [0.25, 0.3) is 0 Å². The Morgan fingerprint density at radius 3 is 1.44 bits per heavy atom. The Hall–Kier alpha value is -1.98. The molecule has 0 aromatic heterocycles. The zero-order chi connectivity index (χ0) is 29.7. The molecule has 0 amide bonds. The Bertz CT molecular complexity index is 845. The van der Waals surface area contributed by atoms with E-state index in [-0.39, 0.29) is 32.7 Å². The molecule has 15 heteroatoms. The third kappa shape index (κ3) is 14.7. The van der Waals surface area contributed by atoms with Crippen molar-refractivity contribution in [3.8, 4) is 5.75 Å². The zero-order valence-corrected chi connectivity index (χ0v) is 22.8. The minimum Gasteiger partial charge on any atom is -0.420 e. The Labute approximate surface area is 235 Å². The summed E-state index contributed by atoms with van der Waals surface area (Å²) in [5.41, 5.74) is 0. The van der Waals surface area contributed by atoms with Crippen LogP contribution in [0.1, 0.15) is 25.7 Å². The smallest absolute Gasteiger partial charge is 0.313 e. The molecule has 1 saturated heterocycles. The van der Waals surface area contributed by atoms with Crippen molar-refractivity contribution < 1.29 is 69.4 Å². The Morgan fingerprint density at radius 1 is 0.585 bits per heavy atom. The molecule has 1 aromatic rings. The van der Waals surface area contributed by atoms with Crippen molar-refractivity contribution in [3.05, 3.63) is 29.1 Å². The largest absolute Gasteiger partial charge is 0.420 e. The standard InChI is InChI=1S/C26H37F5O10/c27-21-22(28)24(30)26(25(31)23(21)29)41-19(32)4-6-33-7-8-34-9-10-35-11-12-36-13-14-37-15-16-38-17-18-40-20-3-1-2-5-39-20/h20H,1-18H2. The van der Waals surface area contributed by atoms with E-state index >= 15 is 0 Å². The maximum absolute atomic E-state index is 13.5. The van der Waals surface area contributed by atoms with Gasteiger partial charge >= 0.3 is 5.97 Å². The first-order chi connectivity index (χ1) is 19.9. The summed E-state index contributed by atoms with van der Waals surface area (Å²) >= 11 is 0. The second-order valence-corrected chi connectivity index (χ2v) is 8.46. The van der Waals surface area contributed by atoms with Gasteiger partial charge in [0.05, 0.1) is 92.3 Å². The van der Waals surface area contributed by atoms with Gasteiger partial charge in [-0.25, -0.2) is 13.2 Å². The van der Waals surface area contributed by atoms with Gasteiger partial charge in [-0.1, -0.05) is 0 Å². The quantitative estimate of drug-likeness (QED) is 0.0462. The molecule has 0 spiro atoms. The fourth-order valence-electron chi connectivity index (χ4n) is 3.28. The molecule has 1 heterocycles. The van der Waals surface area contributed by atoms with E-state index in [9.17, 15) is 26.7 Å². The van der Waals surface area contributed by atoms with Gasteiger partial charge in [-0.15, -0.1) is 0 Å².